The van der Waals surface area contributed by atoms with Gasteiger partial charge in [-0.3, -0.25) is 14.8 Å². The van der Waals surface area contributed by atoms with E-state index in [2.05, 4.69) is 9.97 Å². The lowest BCUT2D eigenvalue weighted by Gasteiger charge is -2.15. The normalized spacial score (nSPS) is 11.8. The first-order valence-corrected chi connectivity index (χ1v) is 14.8. The predicted molar refractivity (Wildman–Crippen MR) is 137 cm³/mol. The second-order valence-electron chi connectivity index (χ2n) is 8.47. The van der Waals surface area contributed by atoms with Crippen LogP contribution < -0.4 is 0 Å². The van der Waals surface area contributed by atoms with Crippen LogP contribution in [0.15, 0.2) is 95.0 Å². The standard InChI is InChI=1S/C27H24N2O5S2/c1-35(31,32)23-13-15-28-25(21(23)17-19-9-5-3-6-10-19)27(30)26-22(18-20-11-7-4-8-12-20)24(14-16-29-26)36(2,33)34/h3-16H,17-18H2,1-2H3. The Hall–Kier alpha value is -3.69. The Balaban J connectivity index is 1.93. The molecule has 0 aliphatic carbocycles. The van der Waals surface area contributed by atoms with E-state index in [-0.39, 0.29) is 45.1 Å². The molecular formula is C27H24N2O5S2. The number of sulfone groups is 2. The summed E-state index contributed by atoms with van der Waals surface area (Å²) >= 11 is 0. The second kappa shape index (κ2) is 10.1. The van der Waals surface area contributed by atoms with Gasteiger partial charge in [-0.05, 0) is 23.3 Å². The maximum Gasteiger partial charge on any atom is 0.230 e. The number of hydrogen-bond acceptors (Lipinski definition) is 7. The molecule has 36 heavy (non-hydrogen) atoms. The summed E-state index contributed by atoms with van der Waals surface area (Å²) < 4.78 is 50.5. The Bertz CT molecular complexity index is 1510. The van der Waals surface area contributed by atoms with E-state index in [4.69, 9.17) is 0 Å². The minimum Gasteiger partial charge on any atom is -0.285 e. The largest absolute Gasteiger partial charge is 0.285 e. The molecular weight excluding hydrogens is 496 g/mol. The number of nitrogens with zero attached hydrogens (tertiary/aromatic N) is 2. The first-order chi connectivity index (χ1) is 17.1. The molecule has 0 saturated carbocycles. The van der Waals surface area contributed by atoms with Crippen molar-refractivity contribution < 1.29 is 21.6 Å². The van der Waals surface area contributed by atoms with Gasteiger partial charge in [0.25, 0.3) is 0 Å². The highest BCUT2D eigenvalue weighted by atomic mass is 32.2. The molecule has 2 aromatic carbocycles. The fourth-order valence-electron chi connectivity index (χ4n) is 4.09. The average molecular weight is 521 g/mol. The van der Waals surface area contributed by atoms with Crippen molar-refractivity contribution in [2.75, 3.05) is 12.5 Å². The van der Waals surface area contributed by atoms with Gasteiger partial charge < -0.3 is 0 Å². The highest BCUT2D eigenvalue weighted by molar-refractivity contribution is 7.91. The smallest absolute Gasteiger partial charge is 0.230 e. The lowest BCUT2D eigenvalue weighted by molar-refractivity contribution is 0.102. The van der Waals surface area contributed by atoms with E-state index in [9.17, 15) is 21.6 Å². The molecule has 4 rings (SSSR count). The summed E-state index contributed by atoms with van der Waals surface area (Å²) in [7, 11) is -7.38. The number of rotatable bonds is 8. The van der Waals surface area contributed by atoms with E-state index in [0.29, 0.717) is 0 Å². The number of hydrogen-bond donors (Lipinski definition) is 0. The Morgan fingerprint density at radius 2 is 0.972 bits per heavy atom. The van der Waals surface area contributed by atoms with Crippen LogP contribution in [0.3, 0.4) is 0 Å². The SMILES string of the molecule is CS(=O)(=O)c1ccnc(C(=O)c2nccc(S(C)(=O)=O)c2Cc2ccccc2)c1Cc1ccccc1. The van der Waals surface area contributed by atoms with Crippen LogP contribution in [-0.4, -0.2) is 45.1 Å². The molecule has 2 aromatic heterocycles. The molecule has 0 fully saturated rings. The maximum atomic E-state index is 13.9. The zero-order valence-corrected chi connectivity index (χ0v) is 21.4. The number of aromatic nitrogens is 2. The number of benzene rings is 2. The van der Waals surface area contributed by atoms with E-state index in [1.807, 2.05) is 60.7 Å². The molecule has 0 aliphatic heterocycles. The van der Waals surface area contributed by atoms with Crippen LogP contribution in [0.2, 0.25) is 0 Å². The van der Waals surface area contributed by atoms with Crippen molar-refractivity contribution in [3.63, 3.8) is 0 Å². The molecule has 0 bridgehead atoms. The monoisotopic (exact) mass is 520 g/mol. The fourth-order valence-corrected chi connectivity index (χ4v) is 5.94. The highest BCUT2D eigenvalue weighted by Gasteiger charge is 2.28. The lowest BCUT2D eigenvalue weighted by atomic mass is 9.96. The molecule has 0 spiro atoms. The van der Waals surface area contributed by atoms with E-state index in [0.717, 1.165) is 23.6 Å². The van der Waals surface area contributed by atoms with Crippen molar-refractivity contribution in [1.82, 2.24) is 9.97 Å². The lowest BCUT2D eigenvalue weighted by Crippen LogP contribution is -2.18. The Morgan fingerprint density at radius 3 is 1.31 bits per heavy atom. The van der Waals surface area contributed by atoms with Crippen LogP contribution in [0, 0.1) is 0 Å². The Kier molecular flexibility index (Phi) is 7.14. The summed E-state index contributed by atoms with van der Waals surface area (Å²) in [5, 5.41) is 0. The van der Waals surface area contributed by atoms with Gasteiger partial charge in [-0.25, -0.2) is 16.8 Å². The molecule has 0 aliphatic rings. The summed E-state index contributed by atoms with van der Waals surface area (Å²) in [5.74, 6) is -0.636. The summed E-state index contributed by atoms with van der Waals surface area (Å²) in [5.41, 5.74) is 1.93. The first-order valence-electron chi connectivity index (χ1n) is 11.0. The highest BCUT2D eigenvalue weighted by Crippen LogP contribution is 2.27. The third-order valence-electron chi connectivity index (χ3n) is 5.70. The van der Waals surface area contributed by atoms with Crippen LogP contribution >= 0.6 is 0 Å². The van der Waals surface area contributed by atoms with Crippen molar-refractivity contribution in [2.45, 2.75) is 22.6 Å². The molecule has 0 N–H and O–H groups in total. The molecule has 7 nitrogen and oxygen atoms in total. The van der Waals surface area contributed by atoms with Crippen LogP contribution in [-0.2, 0) is 32.5 Å². The zero-order chi connectivity index (χ0) is 25.9. The number of pyridine rings is 2. The van der Waals surface area contributed by atoms with E-state index >= 15 is 0 Å². The van der Waals surface area contributed by atoms with Gasteiger partial charge in [0.2, 0.25) is 5.78 Å². The number of carbonyl (C=O) groups excluding carboxylic acids is 1. The van der Waals surface area contributed by atoms with Gasteiger partial charge in [0.1, 0.15) is 11.4 Å². The van der Waals surface area contributed by atoms with E-state index in [1.54, 1.807) is 0 Å². The van der Waals surface area contributed by atoms with Gasteiger partial charge in [-0.1, -0.05) is 60.7 Å². The van der Waals surface area contributed by atoms with Gasteiger partial charge in [0.05, 0.1) is 9.79 Å². The molecule has 0 radical (unpaired) electrons. The zero-order valence-electron chi connectivity index (χ0n) is 19.7. The Labute approximate surface area is 210 Å². The summed E-state index contributed by atoms with van der Waals surface area (Å²) in [6, 6.07) is 21.0. The van der Waals surface area contributed by atoms with Crippen LogP contribution in [0.4, 0.5) is 0 Å². The number of carbonyl (C=O) groups is 1. The maximum absolute atomic E-state index is 13.9. The van der Waals surface area contributed by atoms with E-state index in [1.165, 1.54) is 24.5 Å². The van der Waals surface area contributed by atoms with Gasteiger partial charge in [0.15, 0.2) is 19.7 Å². The van der Waals surface area contributed by atoms with Gasteiger partial charge >= 0.3 is 0 Å². The van der Waals surface area contributed by atoms with Crippen molar-refractivity contribution >= 4 is 25.5 Å². The number of ketones is 1. The molecule has 9 heteroatoms. The third-order valence-corrected chi connectivity index (χ3v) is 8.07. The van der Waals surface area contributed by atoms with E-state index < -0.39 is 25.5 Å². The minimum absolute atomic E-state index is 0.00594. The van der Waals surface area contributed by atoms with Crippen molar-refractivity contribution in [1.29, 1.82) is 0 Å². The first kappa shape index (κ1) is 25.4. The predicted octanol–water partition coefficient (Wildman–Crippen LogP) is 3.70. The van der Waals surface area contributed by atoms with Crippen LogP contribution in [0.1, 0.15) is 38.4 Å². The molecule has 184 valence electrons. The molecule has 4 aromatic rings. The molecule has 2 heterocycles. The summed E-state index contributed by atoms with van der Waals surface area (Å²) in [6.07, 6.45) is 5.00. The topological polar surface area (TPSA) is 111 Å². The minimum atomic E-state index is -3.69. The second-order valence-corrected chi connectivity index (χ2v) is 12.4. The van der Waals surface area contributed by atoms with Crippen LogP contribution in [0.5, 0.6) is 0 Å². The fraction of sp³-hybridized carbons (Fsp3) is 0.148. The quantitative estimate of drug-likeness (QED) is 0.326. The van der Waals surface area contributed by atoms with Crippen LogP contribution in [0.25, 0.3) is 0 Å². The molecule has 0 unspecified atom stereocenters. The van der Waals surface area contributed by atoms with Gasteiger partial charge in [-0.15, -0.1) is 0 Å². The third kappa shape index (κ3) is 5.58. The molecule has 0 amide bonds. The van der Waals surface area contributed by atoms with Gasteiger partial charge in [0, 0.05) is 48.9 Å². The summed E-state index contributed by atoms with van der Waals surface area (Å²) in [6.45, 7) is 0. The average Bonchev–Trinajstić information content (AvgIpc) is 2.84. The molecule has 0 saturated heterocycles. The molecule has 0 atom stereocenters. The van der Waals surface area contributed by atoms with Crippen molar-refractivity contribution in [3.05, 3.63) is 119 Å². The van der Waals surface area contributed by atoms with Crippen molar-refractivity contribution in [3.8, 4) is 0 Å². The van der Waals surface area contributed by atoms with Gasteiger partial charge in [-0.2, -0.15) is 0 Å². The Morgan fingerprint density at radius 1 is 0.611 bits per heavy atom. The summed E-state index contributed by atoms with van der Waals surface area (Å²) in [4.78, 5) is 22.4. The van der Waals surface area contributed by atoms with Crippen molar-refractivity contribution in [2.24, 2.45) is 0 Å².